The highest BCUT2D eigenvalue weighted by Crippen LogP contribution is 2.65. The number of nitrogens with zero attached hydrogens (tertiary/aromatic N) is 1. The standard InChI is InChI=1S/C30H47N5O6/c1-8-16(2)21(36)13-12-19(33-28(41)34-29(3,4)5)27(40)35-15-18-22(30(18,6)7)23(35)26(39)32-20(24(37)25(31)38)14-17-10-9-11-17/h8,17-20,22-23H,9-15H2,1-7H3,(H2,31,38)(H,32,39)(H2,33,34,41)/b16-8+/t18-,19-,20?,22-,23-/m0/s1. The predicted octanol–water partition coefficient (Wildman–Crippen LogP) is 1.98. The van der Waals surface area contributed by atoms with Gasteiger partial charge >= 0.3 is 6.03 Å². The van der Waals surface area contributed by atoms with E-state index < -0.39 is 53.2 Å². The number of Topliss-reactive ketones (excluding diaryl/α,β-unsaturated/α-hetero) is 2. The van der Waals surface area contributed by atoms with E-state index in [0.717, 1.165) is 19.3 Å². The zero-order chi connectivity index (χ0) is 30.9. The lowest BCUT2D eigenvalue weighted by atomic mass is 9.80. The minimum absolute atomic E-state index is 0.0437. The molecule has 5 amide bonds. The molecule has 5 atom stereocenters. The number of hydrogen-bond donors (Lipinski definition) is 4. The van der Waals surface area contributed by atoms with Crippen molar-refractivity contribution in [2.24, 2.45) is 28.9 Å². The van der Waals surface area contributed by atoms with Gasteiger partial charge in [0.2, 0.25) is 17.6 Å². The van der Waals surface area contributed by atoms with Crippen molar-refractivity contribution in [3.05, 3.63) is 11.6 Å². The molecule has 0 spiro atoms. The number of urea groups is 1. The molecule has 228 valence electrons. The van der Waals surface area contributed by atoms with Gasteiger partial charge in [0, 0.05) is 18.5 Å². The third kappa shape index (κ3) is 7.54. The number of rotatable bonds is 12. The second-order valence-corrected chi connectivity index (χ2v) is 13.5. The van der Waals surface area contributed by atoms with E-state index >= 15 is 0 Å². The van der Waals surface area contributed by atoms with Gasteiger partial charge in [-0.15, -0.1) is 0 Å². The average Bonchev–Trinajstić information content (AvgIpc) is 3.17. The first-order chi connectivity index (χ1) is 19.0. The van der Waals surface area contributed by atoms with Gasteiger partial charge in [-0.3, -0.25) is 24.0 Å². The normalized spacial score (nSPS) is 24.8. The highest BCUT2D eigenvalue weighted by Gasteiger charge is 2.69. The van der Waals surface area contributed by atoms with Gasteiger partial charge in [-0.1, -0.05) is 39.2 Å². The van der Waals surface area contributed by atoms with Crippen molar-refractivity contribution in [1.82, 2.24) is 20.9 Å². The first kappa shape index (κ1) is 32.3. The molecule has 5 N–H and O–H groups in total. The van der Waals surface area contributed by atoms with E-state index in [-0.39, 0.29) is 41.8 Å². The van der Waals surface area contributed by atoms with Crippen molar-refractivity contribution in [2.75, 3.05) is 6.54 Å². The minimum atomic E-state index is -1.10. The number of amides is 5. The Bertz CT molecular complexity index is 1120. The molecule has 2 saturated carbocycles. The molecular weight excluding hydrogens is 526 g/mol. The van der Waals surface area contributed by atoms with Gasteiger partial charge in [0.1, 0.15) is 12.1 Å². The van der Waals surface area contributed by atoms with Crippen molar-refractivity contribution < 1.29 is 28.8 Å². The summed E-state index contributed by atoms with van der Waals surface area (Å²) in [5.41, 5.74) is 5.11. The Balaban J connectivity index is 1.84. The number of hydrogen-bond acceptors (Lipinski definition) is 6. The van der Waals surface area contributed by atoms with Crippen LogP contribution in [-0.4, -0.2) is 70.4 Å². The van der Waals surface area contributed by atoms with Crippen LogP contribution in [0, 0.1) is 23.2 Å². The number of carbonyl (C=O) groups is 6. The van der Waals surface area contributed by atoms with Crippen LogP contribution in [0.15, 0.2) is 11.6 Å². The molecule has 3 aliphatic rings. The lowest BCUT2D eigenvalue weighted by Gasteiger charge is -2.35. The van der Waals surface area contributed by atoms with Crippen LogP contribution < -0.4 is 21.7 Å². The Morgan fingerprint density at radius 2 is 1.68 bits per heavy atom. The summed E-state index contributed by atoms with van der Waals surface area (Å²) < 4.78 is 0. The molecular formula is C30H47N5O6. The molecule has 1 unspecified atom stereocenters. The number of fused-ring (bicyclic) bond motifs is 1. The zero-order valence-electron chi connectivity index (χ0n) is 25.5. The SMILES string of the molecule is C/C=C(\C)C(=O)CC[C@H](NC(=O)NC(C)(C)C)C(=O)N1C[C@H]2[C@@H]([C@H]1C(=O)NC(CC1CCC1)C(=O)C(N)=O)C2(C)C. The molecule has 1 heterocycles. The number of piperidine rings is 1. The van der Waals surface area contributed by atoms with E-state index in [1.54, 1.807) is 19.9 Å². The number of carbonyl (C=O) groups excluding carboxylic acids is 6. The third-order valence-electron chi connectivity index (χ3n) is 9.05. The number of primary amides is 1. The summed E-state index contributed by atoms with van der Waals surface area (Å²) in [5, 5.41) is 8.27. The lowest BCUT2D eigenvalue weighted by molar-refractivity contribution is -0.144. The minimum Gasteiger partial charge on any atom is -0.363 e. The fourth-order valence-corrected chi connectivity index (χ4v) is 6.16. The molecule has 41 heavy (non-hydrogen) atoms. The highest BCUT2D eigenvalue weighted by molar-refractivity contribution is 6.37. The number of likely N-dealkylation sites (tertiary alicyclic amines) is 1. The Hall–Kier alpha value is -3.24. The first-order valence-electron chi connectivity index (χ1n) is 14.7. The molecule has 3 rings (SSSR count). The molecule has 1 aliphatic heterocycles. The van der Waals surface area contributed by atoms with E-state index in [1.807, 2.05) is 34.6 Å². The smallest absolute Gasteiger partial charge is 0.315 e. The van der Waals surface area contributed by atoms with E-state index in [2.05, 4.69) is 16.0 Å². The van der Waals surface area contributed by atoms with Crippen LogP contribution in [0.1, 0.15) is 87.0 Å². The predicted molar refractivity (Wildman–Crippen MR) is 153 cm³/mol. The molecule has 0 aromatic heterocycles. The second-order valence-electron chi connectivity index (χ2n) is 13.5. The molecule has 0 aromatic rings. The Kier molecular flexibility index (Phi) is 9.70. The van der Waals surface area contributed by atoms with Crippen molar-refractivity contribution in [2.45, 2.75) is 111 Å². The summed E-state index contributed by atoms with van der Waals surface area (Å²) in [4.78, 5) is 78.9. The van der Waals surface area contributed by atoms with Crippen molar-refractivity contribution in [3.63, 3.8) is 0 Å². The summed E-state index contributed by atoms with van der Waals surface area (Å²) in [6.07, 6.45) is 5.00. The maximum Gasteiger partial charge on any atom is 0.315 e. The molecule has 1 saturated heterocycles. The fraction of sp³-hybridized carbons (Fsp3) is 0.733. The maximum absolute atomic E-state index is 14.0. The summed E-state index contributed by atoms with van der Waals surface area (Å²) in [7, 11) is 0. The number of nitrogens with two attached hydrogens (primary N) is 1. The summed E-state index contributed by atoms with van der Waals surface area (Å²) in [6, 6.07) is -3.52. The van der Waals surface area contributed by atoms with Crippen LogP contribution in [0.3, 0.4) is 0 Å². The Morgan fingerprint density at radius 1 is 1.05 bits per heavy atom. The van der Waals surface area contributed by atoms with Crippen molar-refractivity contribution in [1.29, 1.82) is 0 Å². The van der Waals surface area contributed by atoms with Gasteiger partial charge in [-0.05, 0) is 76.2 Å². The molecule has 11 nitrogen and oxygen atoms in total. The number of nitrogens with one attached hydrogen (secondary N) is 3. The van der Waals surface area contributed by atoms with Crippen LogP contribution in [0.4, 0.5) is 4.79 Å². The summed E-state index contributed by atoms with van der Waals surface area (Å²) >= 11 is 0. The Morgan fingerprint density at radius 3 is 2.20 bits per heavy atom. The molecule has 0 radical (unpaired) electrons. The lowest BCUT2D eigenvalue weighted by Crippen LogP contribution is -2.59. The summed E-state index contributed by atoms with van der Waals surface area (Å²) in [6.45, 7) is 13.3. The monoisotopic (exact) mass is 573 g/mol. The summed E-state index contributed by atoms with van der Waals surface area (Å²) in [5.74, 6) is -2.90. The van der Waals surface area contributed by atoms with E-state index in [1.165, 1.54) is 4.90 Å². The van der Waals surface area contributed by atoms with E-state index in [4.69, 9.17) is 5.73 Å². The Labute approximate surface area is 242 Å². The van der Waals surface area contributed by atoms with Gasteiger partial charge in [-0.25, -0.2) is 4.79 Å². The van der Waals surface area contributed by atoms with Gasteiger partial charge in [0.25, 0.3) is 5.91 Å². The van der Waals surface area contributed by atoms with Crippen LogP contribution in [0.25, 0.3) is 0 Å². The van der Waals surface area contributed by atoms with Crippen LogP contribution >= 0.6 is 0 Å². The average molecular weight is 574 g/mol. The van der Waals surface area contributed by atoms with Gasteiger partial charge in [0.15, 0.2) is 5.78 Å². The molecule has 0 bridgehead atoms. The molecule has 3 fully saturated rings. The van der Waals surface area contributed by atoms with Crippen LogP contribution in [0.5, 0.6) is 0 Å². The fourth-order valence-electron chi connectivity index (χ4n) is 6.16. The second kappa shape index (κ2) is 12.3. The van der Waals surface area contributed by atoms with Gasteiger partial charge in [-0.2, -0.15) is 0 Å². The van der Waals surface area contributed by atoms with E-state index in [9.17, 15) is 28.8 Å². The topological polar surface area (TPSA) is 168 Å². The molecule has 2 aliphatic carbocycles. The largest absolute Gasteiger partial charge is 0.363 e. The van der Waals surface area contributed by atoms with Gasteiger partial charge < -0.3 is 26.6 Å². The quantitative estimate of drug-likeness (QED) is 0.206. The van der Waals surface area contributed by atoms with Crippen molar-refractivity contribution >= 4 is 35.3 Å². The third-order valence-corrected chi connectivity index (χ3v) is 9.05. The van der Waals surface area contributed by atoms with Crippen molar-refractivity contribution in [3.8, 4) is 0 Å². The number of ketones is 2. The first-order valence-corrected chi connectivity index (χ1v) is 14.7. The van der Waals surface area contributed by atoms with Crippen LogP contribution in [-0.2, 0) is 24.0 Å². The molecule has 11 heteroatoms. The zero-order valence-corrected chi connectivity index (χ0v) is 25.5. The molecule has 0 aromatic carbocycles. The van der Waals surface area contributed by atoms with E-state index in [0.29, 0.717) is 18.5 Å². The van der Waals surface area contributed by atoms with Crippen LogP contribution in [0.2, 0.25) is 0 Å². The van der Waals surface area contributed by atoms with Gasteiger partial charge in [0.05, 0.1) is 6.04 Å². The number of allylic oxidation sites excluding steroid dienone is 2. The maximum atomic E-state index is 14.0. The highest BCUT2D eigenvalue weighted by atomic mass is 16.2.